The molecule has 1 fully saturated rings. The molecule has 0 unspecified atom stereocenters. The molecule has 1 heterocycles. The summed E-state index contributed by atoms with van der Waals surface area (Å²) in [7, 11) is 0. The van der Waals surface area contributed by atoms with Gasteiger partial charge in [-0.25, -0.2) is 15.8 Å². The molecule has 1 aromatic heterocycles. The molecule has 0 bridgehead atoms. The third-order valence-corrected chi connectivity index (χ3v) is 3.72. The maximum atomic E-state index is 5.88. The number of nitrogen functional groups attached to an aromatic ring is 1. The van der Waals surface area contributed by atoms with Crippen LogP contribution in [0.15, 0.2) is 30.3 Å². The fourth-order valence-electron chi connectivity index (χ4n) is 2.14. The number of nitrogens with two attached hydrogens (primary N) is 1. The number of aromatic nitrogens is 2. The van der Waals surface area contributed by atoms with E-state index in [9.17, 15) is 0 Å². The van der Waals surface area contributed by atoms with Crippen LogP contribution >= 0.6 is 11.6 Å². The second-order valence-electron chi connectivity index (χ2n) is 5.22. The van der Waals surface area contributed by atoms with E-state index in [1.807, 2.05) is 30.3 Å². The molecule has 21 heavy (non-hydrogen) atoms. The molecule has 1 aliphatic carbocycles. The summed E-state index contributed by atoms with van der Waals surface area (Å²) in [6.07, 6.45) is 3.24. The Bertz CT molecular complexity index is 610. The number of hydrogen-bond donors (Lipinski definition) is 3. The van der Waals surface area contributed by atoms with Gasteiger partial charge in [-0.2, -0.15) is 0 Å². The van der Waals surface area contributed by atoms with Crippen LogP contribution in [0.25, 0.3) is 0 Å². The van der Waals surface area contributed by atoms with Gasteiger partial charge in [0.2, 0.25) is 0 Å². The first-order chi connectivity index (χ1) is 10.2. The van der Waals surface area contributed by atoms with Crippen LogP contribution in [0.2, 0.25) is 5.02 Å². The standard InChI is InChI=1S/C15H18ClN5/c16-12-5-1-10(2-6-12)7-8-18-13-9-14(21-17)20-15(19-13)11-3-4-11/h1-2,5-6,9,11H,3-4,7-8,17H2,(H2,18,19,20,21). The zero-order valence-corrected chi connectivity index (χ0v) is 12.4. The zero-order valence-electron chi connectivity index (χ0n) is 11.6. The normalized spacial score (nSPS) is 14.0. The molecule has 2 aromatic rings. The molecule has 3 rings (SSSR count). The van der Waals surface area contributed by atoms with Crippen LogP contribution in [0.5, 0.6) is 0 Å². The minimum Gasteiger partial charge on any atom is -0.370 e. The highest BCUT2D eigenvalue weighted by atomic mass is 35.5. The van der Waals surface area contributed by atoms with Crippen LogP contribution in [0.1, 0.15) is 30.1 Å². The van der Waals surface area contributed by atoms with Crippen molar-refractivity contribution >= 4 is 23.2 Å². The van der Waals surface area contributed by atoms with Crippen LogP contribution in [0.3, 0.4) is 0 Å². The van der Waals surface area contributed by atoms with Crippen LogP contribution < -0.4 is 16.6 Å². The van der Waals surface area contributed by atoms with Crippen molar-refractivity contribution in [3.8, 4) is 0 Å². The molecule has 0 atom stereocenters. The highest BCUT2D eigenvalue weighted by Gasteiger charge is 2.27. The Kier molecular flexibility index (Phi) is 4.22. The molecule has 5 nitrogen and oxygen atoms in total. The second-order valence-corrected chi connectivity index (χ2v) is 5.65. The highest BCUT2D eigenvalue weighted by molar-refractivity contribution is 6.30. The molecule has 4 N–H and O–H groups in total. The number of benzene rings is 1. The van der Waals surface area contributed by atoms with Gasteiger partial charge in [-0.3, -0.25) is 0 Å². The van der Waals surface area contributed by atoms with Crippen LogP contribution in [0.4, 0.5) is 11.6 Å². The molecule has 0 amide bonds. The number of nitrogens with one attached hydrogen (secondary N) is 2. The van der Waals surface area contributed by atoms with Crippen molar-refractivity contribution in [3.63, 3.8) is 0 Å². The maximum Gasteiger partial charge on any atom is 0.145 e. The Morgan fingerprint density at radius 3 is 2.52 bits per heavy atom. The molecular weight excluding hydrogens is 286 g/mol. The average Bonchev–Trinajstić information content (AvgIpc) is 3.34. The molecule has 1 saturated carbocycles. The third kappa shape index (κ3) is 3.83. The third-order valence-electron chi connectivity index (χ3n) is 3.47. The van der Waals surface area contributed by atoms with Crippen molar-refractivity contribution in [2.75, 3.05) is 17.3 Å². The van der Waals surface area contributed by atoms with Gasteiger partial charge in [0.1, 0.15) is 17.5 Å². The van der Waals surface area contributed by atoms with Gasteiger partial charge in [-0.05, 0) is 37.0 Å². The van der Waals surface area contributed by atoms with Gasteiger partial charge in [-0.15, -0.1) is 0 Å². The largest absolute Gasteiger partial charge is 0.370 e. The van der Waals surface area contributed by atoms with Crippen molar-refractivity contribution in [1.29, 1.82) is 0 Å². The molecule has 1 aromatic carbocycles. The van der Waals surface area contributed by atoms with Gasteiger partial charge in [0, 0.05) is 23.6 Å². The van der Waals surface area contributed by atoms with Gasteiger partial charge in [0.05, 0.1) is 0 Å². The van der Waals surface area contributed by atoms with Crippen LogP contribution in [-0.2, 0) is 6.42 Å². The van der Waals surface area contributed by atoms with Crippen molar-refractivity contribution in [2.45, 2.75) is 25.2 Å². The van der Waals surface area contributed by atoms with E-state index in [-0.39, 0.29) is 0 Å². The van der Waals surface area contributed by atoms with E-state index in [4.69, 9.17) is 17.4 Å². The first-order valence-corrected chi connectivity index (χ1v) is 7.46. The summed E-state index contributed by atoms with van der Waals surface area (Å²) in [5.41, 5.74) is 3.84. The SMILES string of the molecule is NNc1cc(NCCc2ccc(Cl)cc2)nc(C2CC2)n1. The fraction of sp³-hybridized carbons (Fsp3) is 0.333. The topological polar surface area (TPSA) is 75.9 Å². The lowest BCUT2D eigenvalue weighted by Crippen LogP contribution is -2.13. The van der Waals surface area contributed by atoms with E-state index >= 15 is 0 Å². The predicted molar refractivity (Wildman–Crippen MR) is 85.5 cm³/mol. The highest BCUT2D eigenvalue weighted by Crippen LogP contribution is 2.38. The van der Waals surface area contributed by atoms with E-state index in [2.05, 4.69) is 20.7 Å². The molecule has 110 valence electrons. The molecule has 0 aliphatic heterocycles. The summed E-state index contributed by atoms with van der Waals surface area (Å²) in [5, 5.41) is 4.09. The van der Waals surface area contributed by atoms with Gasteiger partial charge in [0.15, 0.2) is 0 Å². The molecule has 6 heteroatoms. The Labute approximate surface area is 128 Å². The summed E-state index contributed by atoms with van der Waals surface area (Å²) in [6, 6.07) is 9.71. The van der Waals surface area contributed by atoms with Crippen molar-refractivity contribution in [2.24, 2.45) is 5.84 Å². The van der Waals surface area contributed by atoms with E-state index < -0.39 is 0 Å². The number of halogens is 1. The Morgan fingerprint density at radius 2 is 1.86 bits per heavy atom. The van der Waals surface area contributed by atoms with E-state index in [0.29, 0.717) is 11.7 Å². The molecule has 0 radical (unpaired) electrons. The first-order valence-electron chi connectivity index (χ1n) is 7.08. The molecule has 0 saturated heterocycles. The summed E-state index contributed by atoms with van der Waals surface area (Å²) in [4.78, 5) is 8.94. The van der Waals surface area contributed by atoms with Gasteiger partial charge >= 0.3 is 0 Å². The molecular formula is C15H18ClN5. The minimum atomic E-state index is 0.495. The predicted octanol–water partition coefficient (Wildman–Crippen LogP) is 2.95. The summed E-state index contributed by atoms with van der Waals surface area (Å²) >= 11 is 5.88. The lowest BCUT2D eigenvalue weighted by atomic mass is 10.1. The number of anilines is 2. The number of rotatable bonds is 6. The number of nitrogens with zero attached hydrogens (tertiary/aromatic N) is 2. The quantitative estimate of drug-likeness (QED) is 0.565. The van der Waals surface area contributed by atoms with E-state index in [1.54, 1.807) is 0 Å². The lowest BCUT2D eigenvalue weighted by Gasteiger charge is -2.09. The summed E-state index contributed by atoms with van der Waals surface area (Å²) < 4.78 is 0. The average molecular weight is 304 g/mol. The van der Waals surface area contributed by atoms with Gasteiger partial charge in [0.25, 0.3) is 0 Å². The zero-order chi connectivity index (χ0) is 14.7. The number of hydrazine groups is 1. The monoisotopic (exact) mass is 303 g/mol. The van der Waals surface area contributed by atoms with Crippen LogP contribution in [-0.4, -0.2) is 16.5 Å². The van der Waals surface area contributed by atoms with Crippen molar-refractivity contribution in [3.05, 3.63) is 46.7 Å². The Balaban J connectivity index is 1.61. The maximum absolute atomic E-state index is 5.88. The second kappa shape index (κ2) is 6.28. The molecule has 1 aliphatic rings. The van der Waals surface area contributed by atoms with Crippen molar-refractivity contribution in [1.82, 2.24) is 9.97 Å². The smallest absolute Gasteiger partial charge is 0.145 e. The van der Waals surface area contributed by atoms with Crippen molar-refractivity contribution < 1.29 is 0 Å². The summed E-state index contributed by atoms with van der Waals surface area (Å²) in [5.74, 6) is 8.30. The van der Waals surface area contributed by atoms with Gasteiger partial charge < -0.3 is 10.7 Å². The minimum absolute atomic E-state index is 0.495. The fourth-order valence-corrected chi connectivity index (χ4v) is 2.27. The summed E-state index contributed by atoms with van der Waals surface area (Å²) in [6.45, 7) is 0.798. The first kappa shape index (κ1) is 14.1. The number of hydrogen-bond acceptors (Lipinski definition) is 5. The Hall–Kier alpha value is -1.85. The van der Waals surface area contributed by atoms with E-state index in [1.165, 1.54) is 5.56 Å². The van der Waals surface area contributed by atoms with Crippen LogP contribution in [0, 0.1) is 0 Å². The lowest BCUT2D eigenvalue weighted by molar-refractivity contribution is 0.914. The Morgan fingerprint density at radius 1 is 1.14 bits per heavy atom. The van der Waals surface area contributed by atoms with E-state index in [0.717, 1.165) is 42.5 Å². The van der Waals surface area contributed by atoms with Gasteiger partial charge in [-0.1, -0.05) is 23.7 Å². The molecule has 0 spiro atoms.